The van der Waals surface area contributed by atoms with Crippen molar-refractivity contribution >= 4 is 34.3 Å². The Morgan fingerprint density at radius 2 is 1.85 bits per heavy atom. The number of anilines is 2. The third-order valence-corrected chi connectivity index (χ3v) is 3.90. The number of fused-ring (bicyclic) bond motifs is 1. The third kappa shape index (κ3) is 3.68. The molecule has 1 aromatic carbocycles. The minimum Gasteiger partial charge on any atom is -0.421 e. The van der Waals surface area contributed by atoms with Crippen molar-refractivity contribution in [3.8, 4) is 11.8 Å². The highest BCUT2D eigenvalue weighted by Crippen LogP contribution is 2.20. The zero-order valence-corrected chi connectivity index (χ0v) is 14.4. The molecule has 4 aromatic rings. The summed E-state index contributed by atoms with van der Waals surface area (Å²) < 4.78 is 5.57. The van der Waals surface area contributed by atoms with Crippen LogP contribution in [0.15, 0.2) is 54.9 Å². The SMILES string of the molecule is Nc1ccc2nc(NCc3ccc(Oc4ccc(Cl)cn4)nc3)[nH]c2c1. The summed E-state index contributed by atoms with van der Waals surface area (Å²) >= 11 is 5.80. The van der Waals surface area contributed by atoms with Crippen molar-refractivity contribution in [1.29, 1.82) is 0 Å². The number of hydrogen-bond acceptors (Lipinski definition) is 6. The molecule has 0 atom stereocenters. The molecule has 7 nitrogen and oxygen atoms in total. The fourth-order valence-corrected chi connectivity index (χ4v) is 2.51. The van der Waals surface area contributed by atoms with Gasteiger partial charge in [-0.3, -0.25) is 0 Å². The smallest absolute Gasteiger partial charge is 0.221 e. The van der Waals surface area contributed by atoms with Crippen molar-refractivity contribution < 1.29 is 4.74 Å². The number of halogens is 1. The normalized spacial score (nSPS) is 10.8. The van der Waals surface area contributed by atoms with Crippen LogP contribution < -0.4 is 15.8 Å². The average Bonchev–Trinajstić information content (AvgIpc) is 3.05. The first-order valence-corrected chi connectivity index (χ1v) is 8.27. The first kappa shape index (κ1) is 16.2. The summed E-state index contributed by atoms with van der Waals surface area (Å²) in [7, 11) is 0. The molecule has 0 saturated carbocycles. The molecule has 8 heteroatoms. The molecule has 0 saturated heterocycles. The van der Waals surface area contributed by atoms with Gasteiger partial charge in [-0.05, 0) is 29.8 Å². The van der Waals surface area contributed by atoms with E-state index in [4.69, 9.17) is 22.1 Å². The van der Waals surface area contributed by atoms with Gasteiger partial charge in [0.05, 0.1) is 16.1 Å². The number of imidazole rings is 1. The van der Waals surface area contributed by atoms with E-state index in [-0.39, 0.29) is 0 Å². The Labute approximate surface area is 154 Å². The predicted octanol–water partition coefficient (Wildman–Crippen LogP) is 3.99. The fourth-order valence-electron chi connectivity index (χ4n) is 2.40. The molecule has 0 aliphatic rings. The summed E-state index contributed by atoms with van der Waals surface area (Å²) in [5.74, 6) is 1.58. The van der Waals surface area contributed by atoms with Crippen molar-refractivity contribution in [3.63, 3.8) is 0 Å². The van der Waals surface area contributed by atoms with E-state index in [9.17, 15) is 0 Å². The number of nitrogens with one attached hydrogen (secondary N) is 2. The molecule has 0 amide bonds. The molecular formula is C18H15ClN6O. The van der Waals surface area contributed by atoms with Crippen LogP contribution >= 0.6 is 11.6 Å². The van der Waals surface area contributed by atoms with E-state index < -0.39 is 0 Å². The maximum atomic E-state index is 5.80. The van der Waals surface area contributed by atoms with Crippen LogP contribution in [0.3, 0.4) is 0 Å². The van der Waals surface area contributed by atoms with Crippen molar-refractivity contribution in [2.24, 2.45) is 0 Å². The summed E-state index contributed by atoms with van der Waals surface area (Å²) in [4.78, 5) is 16.0. The molecule has 4 N–H and O–H groups in total. The van der Waals surface area contributed by atoms with Gasteiger partial charge in [0.15, 0.2) is 0 Å². The van der Waals surface area contributed by atoms with Crippen LogP contribution in [0.2, 0.25) is 5.02 Å². The molecule has 26 heavy (non-hydrogen) atoms. The summed E-state index contributed by atoms with van der Waals surface area (Å²) in [5, 5.41) is 3.79. The zero-order chi connectivity index (χ0) is 17.9. The van der Waals surface area contributed by atoms with Crippen molar-refractivity contribution in [1.82, 2.24) is 19.9 Å². The molecule has 0 spiro atoms. The Morgan fingerprint density at radius 3 is 2.58 bits per heavy atom. The van der Waals surface area contributed by atoms with Gasteiger partial charge < -0.3 is 20.8 Å². The number of hydrogen-bond donors (Lipinski definition) is 3. The van der Waals surface area contributed by atoms with Gasteiger partial charge in [0.2, 0.25) is 17.7 Å². The molecule has 4 rings (SSSR count). The second kappa shape index (κ2) is 6.89. The molecular weight excluding hydrogens is 352 g/mol. The Hall–Kier alpha value is -3.32. The second-order valence-corrected chi connectivity index (χ2v) is 6.07. The first-order valence-electron chi connectivity index (χ1n) is 7.89. The van der Waals surface area contributed by atoms with Gasteiger partial charge in [0.1, 0.15) is 0 Å². The Bertz CT molecular complexity index is 1030. The Morgan fingerprint density at radius 1 is 1.04 bits per heavy atom. The lowest BCUT2D eigenvalue weighted by atomic mass is 10.3. The standard InChI is InChI=1S/C18H15ClN6O/c19-12-2-6-17(22-10-12)26-16-5-1-11(8-21-16)9-23-18-24-14-4-3-13(20)7-15(14)25-18/h1-8,10H,9,20H2,(H2,23,24,25). The van der Waals surface area contributed by atoms with Gasteiger partial charge in [-0.25, -0.2) is 15.0 Å². The quantitative estimate of drug-likeness (QED) is 0.461. The molecule has 0 radical (unpaired) electrons. The maximum Gasteiger partial charge on any atom is 0.221 e. The number of benzene rings is 1. The molecule has 0 unspecified atom stereocenters. The summed E-state index contributed by atoms with van der Waals surface area (Å²) in [6, 6.07) is 12.7. The van der Waals surface area contributed by atoms with Crippen LogP contribution in [-0.2, 0) is 6.54 Å². The van der Waals surface area contributed by atoms with E-state index in [1.165, 1.54) is 6.20 Å². The van der Waals surface area contributed by atoms with Gasteiger partial charge in [0, 0.05) is 36.8 Å². The van der Waals surface area contributed by atoms with E-state index in [1.807, 2.05) is 24.3 Å². The van der Waals surface area contributed by atoms with Crippen LogP contribution in [0.25, 0.3) is 11.0 Å². The number of rotatable bonds is 5. The largest absolute Gasteiger partial charge is 0.421 e. The molecule has 0 aliphatic heterocycles. The minimum atomic E-state index is 0.439. The van der Waals surface area contributed by atoms with Crippen molar-refractivity contribution in [2.45, 2.75) is 6.54 Å². The average molecular weight is 367 g/mol. The van der Waals surface area contributed by atoms with Crippen molar-refractivity contribution in [3.05, 3.63) is 65.4 Å². The minimum absolute atomic E-state index is 0.439. The second-order valence-electron chi connectivity index (χ2n) is 5.64. The van der Waals surface area contributed by atoms with Gasteiger partial charge in [0.25, 0.3) is 0 Å². The number of ether oxygens (including phenoxy) is 1. The number of H-pyrrole nitrogens is 1. The molecule has 130 valence electrons. The maximum absolute atomic E-state index is 5.80. The summed E-state index contributed by atoms with van der Waals surface area (Å²) in [5.41, 5.74) is 9.21. The monoisotopic (exact) mass is 366 g/mol. The number of aromatic amines is 1. The van der Waals surface area contributed by atoms with Crippen LogP contribution in [0.1, 0.15) is 5.56 Å². The number of nitrogen functional groups attached to an aromatic ring is 1. The highest BCUT2D eigenvalue weighted by atomic mass is 35.5. The van der Waals surface area contributed by atoms with E-state index in [0.29, 0.717) is 35.0 Å². The molecule has 0 aliphatic carbocycles. The fraction of sp³-hybridized carbons (Fsp3) is 0.0556. The third-order valence-electron chi connectivity index (χ3n) is 3.67. The van der Waals surface area contributed by atoms with E-state index in [0.717, 1.165) is 16.6 Å². The van der Waals surface area contributed by atoms with E-state index >= 15 is 0 Å². The lowest BCUT2D eigenvalue weighted by Gasteiger charge is -2.06. The highest BCUT2D eigenvalue weighted by Gasteiger charge is 2.04. The van der Waals surface area contributed by atoms with Crippen LogP contribution in [0, 0.1) is 0 Å². The van der Waals surface area contributed by atoms with Crippen LogP contribution in [-0.4, -0.2) is 19.9 Å². The van der Waals surface area contributed by atoms with E-state index in [1.54, 1.807) is 24.4 Å². The lowest BCUT2D eigenvalue weighted by molar-refractivity contribution is 0.444. The molecule has 3 heterocycles. The van der Waals surface area contributed by atoms with E-state index in [2.05, 4.69) is 25.3 Å². The molecule has 3 aromatic heterocycles. The molecule has 0 fully saturated rings. The number of aromatic nitrogens is 4. The molecule has 0 bridgehead atoms. The number of nitrogens with zero attached hydrogens (tertiary/aromatic N) is 3. The Kier molecular flexibility index (Phi) is 4.28. The highest BCUT2D eigenvalue weighted by molar-refractivity contribution is 6.30. The zero-order valence-electron chi connectivity index (χ0n) is 13.6. The predicted molar refractivity (Wildman–Crippen MR) is 101 cm³/mol. The summed E-state index contributed by atoms with van der Waals surface area (Å²) in [6.07, 6.45) is 3.26. The Balaban J connectivity index is 1.39. The van der Waals surface area contributed by atoms with Gasteiger partial charge in [-0.1, -0.05) is 17.7 Å². The first-order chi connectivity index (χ1) is 12.7. The topological polar surface area (TPSA) is 102 Å². The number of pyridine rings is 2. The van der Waals surface area contributed by atoms with Gasteiger partial charge in [-0.15, -0.1) is 0 Å². The van der Waals surface area contributed by atoms with Crippen molar-refractivity contribution in [2.75, 3.05) is 11.1 Å². The van der Waals surface area contributed by atoms with Gasteiger partial charge in [-0.2, -0.15) is 0 Å². The van der Waals surface area contributed by atoms with Gasteiger partial charge >= 0.3 is 0 Å². The number of nitrogens with two attached hydrogens (primary N) is 1. The van der Waals surface area contributed by atoms with Crippen LogP contribution in [0.4, 0.5) is 11.6 Å². The van der Waals surface area contributed by atoms with Crippen LogP contribution in [0.5, 0.6) is 11.8 Å². The lowest BCUT2D eigenvalue weighted by Crippen LogP contribution is -2.01. The summed E-state index contributed by atoms with van der Waals surface area (Å²) in [6.45, 7) is 0.571.